The quantitative estimate of drug-likeness (QED) is 0.0224. The average molecular weight is 988 g/mol. The van der Waals surface area contributed by atoms with Crippen LogP contribution in [-0.2, 0) is 71.7 Å². The highest BCUT2D eigenvalue weighted by molar-refractivity contribution is 8.76. The van der Waals surface area contributed by atoms with Gasteiger partial charge in [0.1, 0.15) is 30.8 Å². The van der Waals surface area contributed by atoms with E-state index in [1.807, 2.05) is 0 Å². The summed E-state index contributed by atoms with van der Waals surface area (Å²) in [5, 5.41) is 33.6. The number of nitrogen functional groups attached to an aromatic ring is 1. The fourth-order valence-corrected chi connectivity index (χ4v) is 10.6. The van der Waals surface area contributed by atoms with Gasteiger partial charge in [0.2, 0.25) is 11.8 Å². The number of ketones is 1. The number of hydrogen-bond donors (Lipinski definition) is 10. The second-order valence-electron chi connectivity index (χ2n) is 13.2. The zero-order valence-corrected chi connectivity index (χ0v) is 37.2. The van der Waals surface area contributed by atoms with Crippen LogP contribution in [0.2, 0.25) is 0 Å². The predicted octanol–water partition coefficient (Wildman–Crippen LogP) is 0.336. The first-order valence-electron chi connectivity index (χ1n) is 18.2. The van der Waals surface area contributed by atoms with E-state index in [0.717, 1.165) is 10.8 Å². The van der Waals surface area contributed by atoms with Gasteiger partial charge in [-0.3, -0.25) is 33.1 Å². The number of aliphatic hydroxyl groups is 1. The molecule has 8 atom stereocenters. The number of aliphatic hydroxyl groups excluding tert-OH is 1. The Morgan fingerprint density at radius 2 is 1.63 bits per heavy atom. The molecule has 27 nitrogen and oxygen atoms in total. The summed E-state index contributed by atoms with van der Waals surface area (Å²) < 4.78 is 57.7. The summed E-state index contributed by atoms with van der Waals surface area (Å²) in [5.41, 5.74) is 4.94. The van der Waals surface area contributed by atoms with Crippen LogP contribution in [0.3, 0.4) is 0 Å². The van der Waals surface area contributed by atoms with E-state index in [4.69, 9.17) is 25.0 Å². The Morgan fingerprint density at radius 1 is 0.984 bits per heavy atom. The molecular weight excluding hydrogens is 939 g/mol. The summed E-state index contributed by atoms with van der Waals surface area (Å²) in [7, 11) is -14.1. The topological polar surface area (TPSA) is 426 Å². The van der Waals surface area contributed by atoms with Gasteiger partial charge in [-0.15, -0.1) is 0 Å². The molecule has 2 amide bonds. The third-order valence-corrected chi connectivity index (χ3v) is 14.6. The zero-order valence-electron chi connectivity index (χ0n) is 32.9. The van der Waals surface area contributed by atoms with Crippen LogP contribution < -0.4 is 22.1 Å². The van der Waals surface area contributed by atoms with E-state index in [2.05, 4.69) is 28.8 Å². The van der Waals surface area contributed by atoms with Gasteiger partial charge in [0.05, 0.1) is 31.1 Å². The Labute approximate surface area is 360 Å². The van der Waals surface area contributed by atoms with Crippen molar-refractivity contribution in [2.24, 2.45) is 5.92 Å². The SMILES string of the molecule is CCC(NC(=O)C(CC(=O)O)CC(=O)C(CCCSSCCCC(=O)OCc1cn(C2CC(O)C(COP(=O)(O)OP(=O)(O)OP(=O)(O)O)O2)c(=O)nc1N)NC(C)=O)C(=O)O. The molecule has 0 spiro atoms. The molecule has 8 unspecified atom stereocenters. The normalized spacial score (nSPS) is 19.9. The number of esters is 1. The highest BCUT2D eigenvalue weighted by Gasteiger charge is 2.43. The molecule has 62 heavy (non-hydrogen) atoms. The van der Waals surface area contributed by atoms with Gasteiger partial charge in [-0.25, -0.2) is 23.3 Å². The second-order valence-corrected chi connectivity index (χ2v) is 20.4. The van der Waals surface area contributed by atoms with E-state index in [9.17, 15) is 72.4 Å². The summed E-state index contributed by atoms with van der Waals surface area (Å²) in [5.74, 6) is -6.00. The lowest BCUT2D eigenvalue weighted by atomic mass is 9.92. The molecule has 2 heterocycles. The van der Waals surface area contributed by atoms with Gasteiger partial charge in [-0.05, 0) is 25.7 Å². The number of aromatic nitrogens is 2. The number of aliphatic carboxylic acids is 2. The lowest BCUT2D eigenvalue weighted by Crippen LogP contribution is -2.46. The first-order chi connectivity index (χ1) is 28.7. The number of carbonyl (C=O) groups excluding carboxylic acids is 4. The predicted molar refractivity (Wildman–Crippen MR) is 213 cm³/mol. The number of carboxylic acid groups (broad SMARTS) is 2. The number of Topliss-reactive ketones (excluding diaryl/α,β-unsaturated/α-hetero) is 1. The number of nitrogens with two attached hydrogens (primary N) is 1. The number of phosphoric acid groups is 3. The Balaban J connectivity index is 1.82. The van der Waals surface area contributed by atoms with Crippen molar-refractivity contribution in [2.45, 2.75) is 102 Å². The number of ether oxygens (including phenoxy) is 2. The van der Waals surface area contributed by atoms with Crippen molar-refractivity contribution in [3.8, 4) is 0 Å². The van der Waals surface area contributed by atoms with E-state index < -0.39 is 127 Å². The highest BCUT2D eigenvalue weighted by atomic mass is 33.1. The molecule has 0 radical (unpaired) electrons. The minimum atomic E-state index is -5.79. The molecule has 352 valence electrons. The molecule has 1 aliphatic rings. The molecule has 1 aromatic heterocycles. The van der Waals surface area contributed by atoms with Crippen LogP contribution in [0.4, 0.5) is 5.82 Å². The van der Waals surface area contributed by atoms with Crippen molar-refractivity contribution in [1.82, 2.24) is 20.2 Å². The molecule has 32 heteroatoms. The molecule has 2 rings (SSSR count). The van der Waals surface area contributed by atoms with E-state index in [-0.39, 0.29) is 37.1 Å². The Bertz CT molecular complexity index is 1970. The van der Waals surface area contributed by atoms with Crippen LogP contribution in [0.15, 0.2) is 11.0 Å². The number of amides is 2. The van der Waals surface area contributed by atoms with Crippen molar-refractivity contribution >= 4 is 86.4 Å². The first-order valence-corrected chi connectivity index (χ1v) is 25.2. The maximum atomic E-state index is 13.1. The smallest absolute Gasteiger partial charge is 0.481 e. The van der Waals surface area contributed by atoms with E-state index in [1.165, 1.54) is 35.4 Å². The summed E-state index contributed by atoms with van der Waals surface area (Å²) in [6.45, 7) is 1.29. The molecule has 1 aromatic rings. The third-order valence-electron chi connectivity index (χ3n) is 8.22. The molecule has 0 aromatic carbocycles. The summed E-state index contributed by atoms with van der Waals surface area (Å²) in [6, 6.07) is -2.29. The minimum absolute atomic E-state index is 0.0224. The maximum absolute atomic E-state index is 13.1. The van der Waals surface area contributed by atoms with Gasteiger partial charge in [-0.2, -0.15) is 13.6 Å². The number of anilines is 1. The minimum Gasteiger partial charge on any atom is -0.481 e. The summed E-state index contributed by atoms with van der Waals surface area (Å²) in [4.78, 5) is 125. The lowest BCUT2D eigenvalue weighted by Gasteiger charge is -2.21. The number of rotatable bonds is 29. The average Bonchev–Trinajstić information content (AvgIpc) is 3.50. The first kappa shape index (κ1) is 54.9. The molecule has 0 bridgehead atoms. The van der Waals surface area contributed by atoms with Crippen LogP contribution in [0.1, 0.15) is 77.0 Å². The fourth-order valence-electron chi connectivity index (χ4n) is 5.36. The Kier molecular flexibility index (Phi) is 22.4. The molecule has 1 fully saturated rings. The summed E-state index contributed by atoms with van der Waals surface area (Å²) >= 11 is 0. The van der Waals surface area contributed by atoms with Crippen LogP contribution in [0.25, 0.3) is 0 Å². The number of hydrogen-bond acceptors (Lipinski definition) is 20. The van der Waals surface area contributed by atoms with Gasteiger partial charge >= 0.3 is 47.1 Å². The molecule has 11 N–H and O–H groups in total. The largest absolute Gasteiger partial charge is 0.490 e. The highest BCUT2D eigenvalue weighted by Crippen LogP contribution is 2.66. The van der Waals surface area contributed by atoms with Crippen LogP contribution in [0.5, 0.6) is 0 Å². The second kappa shape index (κ2) is 25.3. The van der Waals surface area contributed by atoms with Crippen molar-refractivity contribution < 1.29 is 100.0 Å². The maximum Gasteiger partial charge on any atom is 0.490 e. The van der Waals surface area contributed by atoms with Crippen molar-refractivity contribution in [3.05, 3.63) is 22.2 Å². The van der Waals surface area contributed by atoms with E-state index in [1.54, 1.807) is 0 Å². The molecule has 0 saturated carbocycles. The fraction of sp³-hybridized carbons (Fsp3) is 0.667. The van der Waals surface area contributed by atoms with Crippen LogP contribution >= 0.6 is 45.1 Å². The van der Waals surface area contributed by atoms with Crippen molar-refractivity contribution in [1.29, 1.82) is 0 Å². The molecule has 1 aliphatic heterocycles. The monoisotopic (exact) mass is 987 g/mol. The van der Waals surface area contributed by atoms with Gasteiger partial charge in [0, 0.05) is 49.5 Å². The van der Waals surface area contributed by atoms with E-state index >= 15 is 0 Å². The number of nitrogens with one attached hydrogen (secondary N) is 2. The van der Waals surface area contributed by atoms with Crippen molar-refractivity contribution in [2.75, 3.05) is 23.8 Å². The van der Waals surface area contributed by atoms with Gasteiger partial charge in [-0.1, -0.05) is 28.5 Å². The standard InChI is InChI=1S/C30H48N5O22P3S2/c1-3-19(29(43)44)33-28(42)17(11-25(39)40)10-21(37)20(32-16(2)36)6-4-8-61-62-9-5-7-26(41)53-14-18-13-35(30(45)34-27(18)31)24-12-22(38)23(55-24)15-54-59(49,50)57-60(51,52)56-58(46,47)48/h13,17,19-20,22-24,38H,3-12,14-15H2,1-2H3,(H,32,36)(H,33,42)(H,39,40)(H,43,44)(H,49,50)(H,51,52)(H2,31,34,45)(H2,46,47,48). The van der Waals surface area contributed by atoms with E-state index in [0.29, 0.717) is 24.3 Å². The van der Waals surface area contributed by atoms with Crippen LogP contribution in [0, 0.1) is 5.92 Å². The van der Waals surface area contributed by atoms with Gasteiger partial charge in [0.15, 0.2) is 5.78 Å². The third kappa shape index (κ3) is 20.5. The molecule has 0 aliphatic carbocycles. The number of carboxylic acids is 2. The molecular formula is C30H48N5O22P3S2. The number of nitrogens with zero attached hydrogens (tertiary/aromatic N) is 2. The van der Waals surface area contributed by atoms with Crippen LogP contribution in [-0.4, -0.2) is 122 Å². The van der Waals surface area contributed by atoms with Gasteiger partial charge in [0.25, 0.3) is 0 Å². The number of carbonyl (C=O) groups is 6. The van der Waals surface area contributed by atoms with Gasteiger partial charge < -0.3 is 60.7 Å². The number of phosphoric ester groups is 1. The zero-order chi connectivity index (χ0) is 47.0. The Hall–Kier alpha value is -3.27. The summed E-state index contributed by atoms with van der Waals surface area (Å²) in [6.07, 6.45) is -3.64. The Morgan fingerprint density at radius 3 is 2.21 bits per heavy atom. The molecule has 1 saturated heterocycles. The lowest BCUT2D eigenvalue weighted by molar-refractivity contribution is -0.145. The van der Waals surface area contributed by atoms with Crippen molar-refractivity contribution in [3.63, 3.8) is 0 Å².